The summed E-state index contributed by atoms with van der Waals surface area (Å²) in [6.45, 7) is 4.08. The van der Waals surface area contributed by atoms with E-state index in [1.54, 1.807) is 10.9 Å². The van der Waals surface area contributed by atoms with Crippen LogP contribution < -0.4 is 10.6 Å². The van der Waals surface area contributed by atoms with E-state index in [9.17, 15) is 0 Å². The summed E-state index contributed by atoms with van der Waals surface area (Å²) in [7, 11) is 4.06. The first-order valence-electron chi connectivity index (χ1n) is 6.81. The van der Waals surface area contributed by atoms with E-state index in [0.717, 1.165) is 43.1 Å². The van der Waals surface area contributed by atoms with Gasteiger partial charge in [-0.15, -0.1) is 0 Å². The molecule has 0 unspecified atom stereocenters. The Bertz CT molecular complexity index is 597. The zero-order valence-electron chi connectivity index (χ0n) is 12.0. The van der Waals surface area contributed by atoms with Crippen LogP contribution in [0.4, 0.5) is 11.5 Å². The summed E-state index contributed by atoms with van der Waals surface area (Å²) >= 11 is 0. The Morgan fingerprint density at radius 3 is 2.50 bits per heavy atom. The van der Waals surface area contributed by atoms with E-state index >= 15 is 0 Å². The summed E-state index contributed by atoms with van der Waals surface area (Å²) in [5.41, 5.74) is 8.70. The first kappa shape index (κ1) is 12.9. The van der Waals surface area contributed by atoms with Gasteiger partial charge in [-0.3, -0.25) is 4.68 Å². The molecule has 0 radical (unpaired) electrons. The first-order valence-corrected chi connectivity index (χ1v) is 6.81. The maximum absolute atomic E-state index is 5.91. The van der Waals surface area contributed by atoms with Crippen LogP contribution in [0.3, 0.4) is 0 Å². The number of hydrogen-bond donors (Lipinski definition) is 1. The number of aryl methyl sites for hydroxylation is 1. The van der Waals surface area contributed by atoms with Gasteiger partial charge in [-0.2, -0.15) is 5.10 Å². The number of pyridine rings is 1. The highest BCUT2D eigenvalue weighted by Gasteiger charge is 2.19. The average molecular weight is 272 g/mol. The van der Waals surface area contributed by atoms with Gasteiger partial charge in [0, 0.05) is 50.6 Å². The molecule has 6 nitrogen and oxygen atoms in total. The van der Waals surface area contributed by atoms with E-state index in [0.29, 0.717) is 5.69 Å². The first-order chi connectivity index (χ1) is 9.63. The third-order valence-electron chi connectivity index (χ3n) is 3.71. The number of nitrogen functional groups attached to an aromatic ring is 1. The van der Waals surface area contributed by atoms with Crippen LogP contribution in [0.2, 0.25) is 0 Å². The van der Waals surface area contributed by atoms with Crippen molar-refractivity contribution < 1.29 is 0 Å². The lowest BCUT2D eigenvalue weighted by Crippen LogP contribution is -2.45. The SMILES string of the molecule is CN1CCN(c2ncc(N)cc2-c2cnn(C)c2)CC1. The molecule has 1 saturated heterocycles. The quantitative estimate of drug-likeness (QED) is 0.877. The fraction of sp³-hybridized carbons (Fsp3) is 0.429. The molecule has 0 spiro atoms. The van der Waals surface area contributed by atoms with Gasteiger partial charge < -0.3 is 15.5 Å². The Labute approximate surface area is 118 Å². The van der Waals surface area contributed by atoms with Crippen molar-refractivity contribution >= 4 is 11.5 Å². The second-order valence-corrected chi connectivity index (χ2v) is 5.33. The van der Waals surface area contributed by atoms with E-state index in [4.69, 9.17) is 5.73 Å². The Balaban J connectivity index is 1.98. The molecule has 3 rings (SSSR count). The summed E-state index contributed by atoms with van der Waals surface area (Å²) in [5, 5.41) is 4.24. The van der Waals surface area contributed by atoms with Gasteiger partial charge in [-0.1, -0.05) is 0 Å². The Hall–Kier alpha value is -2.08. The number of hydrogen-bond acceptors (Lipinski definition) is 5. The van der Waals surface area contributed by atoms with Gasteiger partial charge in [-0.25, -0.2) is 4.98 Å². The van der Waals surface area contributed by atoms with Crippen molar-refractivity contribution in [1.29, 1.82) is 0 Å². The van der Waals surface area contributed by atoms with Crippen LogP contribution in [0.5, 0.6) is 0 Å². The van der Waals surface area contributed by atoms with Gasteiger partial charge >= 0.3 is 0 Å². The minimum absolute atomic E-state index is 0.682. The zero-order chi connectivity index (χ0) is 14.1. The Morgan fingerprint density at radius 2 is 1.85 bits per heavy atom. The van der Waals surface area contributed by atoms with Crippen molar-refractivity contribution in [3.05, 3.63) is 24.7 Å². The molecule has 1 aliphatic rings. The van der Waals surface area contributed by atoms with Gasteiger partial charge in [-0.05, 0) is 13.1 Å². The van der Waals surface area contributed by atoms with Crippen LogP contribution in [-0.2, 0) is 7.05 Å². The number of nitrogens with two attached hydrogens (primary N) is 1. The van der Waals surface area contributed by atoms with Crippen molar-refractivity contribution in [2.45, 2.75) is 0 Å². The normalized spacial score (nSPS) is 16.6. The second-order valence-electron chi connectivity index (χ2n) is 5.33. The van der Waals surface area contributed by atoms with E-state index in [-0.39, 0.29) is 0 Å². The molecule has 2 aromatic rings. The van der Waals surface area contributed by atoms with Gasteiger partial charge in [0.2, 0.25) is 0 Å². The molecule has 0 aliphatic carbocycles. The maximum Gasteiger partial charge on any atom is 0.136 e. The monoisotopic (exact) mass is 272 g/mol. The predicted molar refractivity (Wildman–Crippen MR) is 80.6 cm³/mol. The molecule has 0 saturated carbocycles. The molecule has 1 aliphatic heterocycles. The number of rotatable bonds is 2. The third-order valence-corrected chi connectivity index (χ3v) is 3.71. The van der Waals surface area contributed by atoms with Crippen molar-refractivity contribution in [2.75, 3.05) is 43.9 Å². The number of piperazine rings is 1. The molecule has 20 heavy (non-hydrogen) atoms. The van der Waals surface area contributed by atoms with Crippen LogP contribution in [0.1, 0.15) is 0 Å². The molecule has 3 heterocycles. The summed E-state index contributed by atoms with van der Waals surface area (Å²) in [4.78, 5) is 9.21. The topological polar surface area (TPSA) is 63.2 Å². The summed E-state index contributed by atoms with van der Waals surface area (Å²) < 4.78 is 1.80. The Morgan fingerprint density at radius 1 is 1.10 bits per heavy atom. The van der Waals surface area contributed by atoms with Crippen molar-refractivity contribution in [3.8, 4) is 11.1 Å². The average Bonchev–Trinajstić information content (AvgIpc) is 2.86. The number of aromatic nitrogens is 3. The predicted octanol–water partition coefficient (Wildman–Crippen LogP) is 0.816. The summed E-state index contributed by atoms with van der Waals surface area (Å²) in [6, 6.07) is 1.98. The Kier molecular flexibility index (Phi) is 3.31. The third kappa shape index (κ3) is 2.46. The smallest absolute Gasteiger partial charge is 0.136 e. The van der Waals surface area contributed by atoms with E-state index in [1.807, 2.05) is 25.5 Å². The molecular weight excluding hydrogens is 252 g/mol. The molecule has 2 N–H and O–H groups in total. The fourth-order valence-electron chi connectivity index (χ4n) is 2.52. The molecule has 0 atom stereocenters. The molecule has 2 aromatic heterocycles. The fourth-order valence-corrected chi connectivity index (χ4v) is 2.52. The standard InChI is InChI=1S/C14H20N6/c1-18-3-5-20(6-4-18)14-13(7-12(15)9-16-14)11-8-17-19(2)10-11/h7-10H,3-6,15H2,1-2H3. The highest BCUT2D eigenvalue weighted by atomic mass is 15.3. The van der Waals surface area contributed by atoms with Crippen LogP contribution >= 0.6 is 0 Å². The highest BCUT2D eigenvalue weighted by Crippen LogP contribution is 2.30. The summed E-state index contributed by atoms with van der Waals surface area (Å²) in [6.07, 6.45) is 5.58. The number of nitrogens with zero attached hydrogens (tertiary/aromatic N) is 5. The molecule has 1 fully saturated rings. The van der Waals surface area contributed by atoms with Gasteiger partial charge in [0.15, 0.2) is 0 Å². The van der Waals surface area contributed by atoms with E-state index in [1.165, 1.54) is 0 Å². The summed E-state index contributed by atoms with van der Waals surface area (Å²) in [5.74, 6) is 1.00. The maximum atomic E-state index is 5.91. The lowest BCUT2D eigenvalue weighted by molar-refractivity contribution is 0.312. The minimum Gasteiger partial charge on any atom is -0.397 e. The van der Waals surface area contributed by atoms with E-state index in [2.05, 4.69) is 26.9 Å². The second kappa shape index (κ2) is 5.13. The molecule has 106 valence electrons. The van der Waals surface area contributed by atoms with Gasteiger partial charge in [0.25, 0.3) is 0 Å². The van der Waals surface area contributed by atoms with Gasteiger partial charge in [0.1, 0.15) is 5.82 Å². The highest BCUT2D eigenvalue weighted by molar-refractivity contribution is 5.77. The van der Waals surface area contributed by atoms with Crippen molar-refractivity contribution in [1.82, 2.24) is 19.7 Å². The number of likely N-dealkylation sites (N-methyl/N-ethyl adjacent to an activating group) is 1. The van der Waals surface area contributed by atoms with Crippen LogP contribution in [0, 0.1) is 0 Å². The van der Waals surface area contributed by atoms with Crippen molar-refractivity contribution in [3.63, 3.8) is 0 Å². The van der Waals surface area contributed by atoms with E-state index < -0.39 is 0 Å². The van der Waals surface area contributed by atoms with Crippen LogP contribution in [0.15, 0.2) is 24.7 Å². The van der Waals surface area contributed by atoms with Crippen molar-refractivity contribution in [2.24, 2.45) is 7.05 Å². The molecule has 6 heteroatoms. The molecule has 0 amide bonds. The van der Waals surface area contributed by atoms with Gasteiger partial charge in [0.05, 0.1) is 18.1 Å². The molecular formula is C14H20N6. The lowest BCUT2D eigenvalue weighted by Gasteiger charge is -2.34. The lowest BCUT2D eigenvalue weighted by atomic mass is 10.1. The van der Waals surface area contributed by atoms with Crippen LogP contribution in [-0.4, -0.2) is 52.9 Å². The number of anilines is 2. The molecule has 0 aromatic carbocycles. The largest absolute Gasteiger partial charge is 0.397 e. The zero-order valence-corrected chi connectivity index (χ0v) is 12.0. The minimum atomic E-state index is 0.682. The molecule has 0 bridgehead atoms. The van der Waals surface area contributed by atoms with Crippen LogP contribution in [0.25, 0.3) is 11.1 Å².